The lowest BCUT2D eigenvalue weighted by Gasteiger charge is -2.11. The zero-order valence-electron chi connectivity index (χ0n) is 19.5. The second kappa shape index (κ2) is 9.25. The van der Waals surface area contributed by atoms with E-state index in [4.69, 9.17) is 9.15 Å². The Bertz CT molecular complexity index is 1870. The molecule has 3 heterocycles. The molecule has 0 aliphatic rings. The quantitative estimate of drug-likeness (QED) is 0.137. The van der Waals surface area contributed by atoms with E-state index in [1.54, 1.807) is 17.7 Å². The van der Waals surface area contributed by atoms with Crippen LogP contribution in [0, 0.1) is 0 Å². The first-order valence-corrected chi connectivity index (χ1v) is 12.6. The minimum atomic E-state index is -0.392. The highest BCUT2D eigenvalue weighted by atomic mass is 32.2. The van der Waals surface area contributed by atoms with Gasteiger partial charge in [-0.15, -0.1) is 10.2 Å². The molecular formula is C27H22N4O4S. The number of hydrogen-bond acceptors (Lipinski definition) is 7. The number of nitrogens with zero attached hydrogens (tertiary/aromatic N) is 4. The van der Waals surface area contributed by atoms with Crippen molar-refractivity contribution in [3.05, 3.63) is 93.1 Å². The van der Waals surface area contributed by atoms with Crippen LogP contribution in [0.15, 0.2) is 85.9 Å². The second-order valence-electron chi connectivity index (χ2n) is 8.48. The molecule has 6 aromatic rings. The first-order valence-electron chi connectivity index (χ1n) is 11.6. The lowest BCUT2D eigenvalue weighted by atomic mass is 10.0. The Morgan fingerprint density at radius 2 is 1.78 bits per heavy atom. The van der Waals surface area contributed by atoms with Gasteiger partial charge in [-0.3, -0.25) is 13.8 Å². The normalized spacial score (nSPS) is 11.8. The van der Waals surface area contributed by atoms with Crippen molar-refractivity contribution in [2.24, 2.45) is 0 Å². The molecular weight excluding hydrogens is 476 g/mol. The minimum Gasteiger partial charge on any atom is -0.423 e. The number of ether oxygens (including phenoxy) is 1. The van der Waals surface area contributed by atoms with Crippen molar-refractivity contribution in [1.29, 1.82) is 0 Å². The Morgan fingerprint density at radius 3 is 2.64 bits per heavy atom. The third kappa shape index (κ3) is 3.77. The standard InChI is InChI=1S/C27H22N4O4S/c1-34-14-6-13-30-25(33)20-9-4-5-10-21(20)31-26(30)28-29-27(31)36-16-18-15-23(32)35-22-12-11-17-7-2-3-8-19(17)24(18)22/h2-5,7-12,15H,6,13-14,16H2,1H3. The molecule has 9 heteroatoms. The number of hydrogen-bond donors (Lipinski definition) is 0. The monoisotopic (exact) mass is 498 g/mol. The average Bonchev–Trinajstić information content (AvgIpc) is 3.33. The van der Waals surface area contributed by atoms with Crippen LogP contribution in [-0.4, -0.2) is 32.9 Å². The zero-order valence-corrected chi connectivity index (χ0v) is 20.3. The number of aryl methyl sites for hydroxylation is 1. The third-order valence-corrected chi connectivity index (χ3v) is 7.26. The fraction of sp³-hybridized carbons (Fsp3) is 0.185. The van der Waals surface area contributed by atoms with Crippen LogP contribution in [0.5, 0.6) is 0 Å². The molecule has 0 atom stereocenters. The predicted octanol–water partition coefficient (Wildman–Crippen LogP) is 4.63. The molecule has 0 saturated carbocycles. The first-order chi connectivity index (χ1) is 17.7. The van der Waals surface area contributed by atoms with E-state index in [-0.39, 0.29) is 5.56 Å². The maximum atomic E-state index is 13.2. The molecule has 0 N–H and O–H groups in total. The first kappa shape index (κ1) is 22.5. The fourth-order valence-corrected chi connectivity index (χ4v) is 5.59. The van der Waals surface area contributed by atoms with Crippen LogP contribution in [0.2, 0.25) is 0 Å². The van der Waals surface area contributed by atoms with Crippen molar-refractivity contribution in [3.63, 3.8) is 0 Å². The Balaban J connectivity index is 1.48. The van der Waals surface area contributed by atoms with Crippen molar-refractivity contribution < 1.29 is 9.15 Å². The van der Waals surface area contributed by atoms with Gasteiger partial charge in [0.1, 0.15) is 5.58 Å². The van der Waals surface area contributed by atoms with Gasteiger partial charge in [0.15, 0.2) is 5.16 Å². The van der Waals surface area contributed by atoms with Gasteiger partial charge < -0.3 is 9.15 Å². The predicted molar refractivity (Wildman–Crippen MR) is 141 cm³/mol. The summed E-state index contributed by atoms with van der Waals surface area (Å²) in [4.78, 5) is 25.6. The van der Waals surface area contributed by atoms with E-state index in [0.717, 1.165) is 27.2 Å². The number of methoxy groups -OCH3 is 1. The molecule has 0 saturated heterocycles. The summed E-state index contributed by atoms with van der Waals surface area (Å²) in [6, 6.07) is 20.8. The third-order valence-electron chi connectivity index (χ3n) is 6.28. The van der Waals surface area contributed by atoms with Crippen LogP contribution >= 0.6 is 11.8 Å². The van der Waals surface area contributed by atoms with Crippen LogP contribution in [0.25, 0.3) is 38.4 Å². The smallest absolute Gasteiger partial charge is 0.336 e. The second-order valence-corrected chi connectivity index (χ2v) is 9.42. The van der Waals surface area contributed by atoms with E-state index in [1.807, 2.05) is 65.1 Å². The van der Waals surface area contributed by atoms with Gasteiger partial charge in [0.25, 0.3) is 5.56 Å². The van der Waals surface area contributed by atoms with Crippen molar-refractivity contribution in [1.82, 2.24) is 19.2 Å². The lowest BCUT2D eigenvalue weighted by Crippen LogP contribution is -2.24. The highest BCUT2D eigenvalue weighted by Crippen LogP contribution is 2.31. The average molecular weight is 499 g/mol. The van der Waals surface area contributed by atoms with Gasteiger partial charge in [-0.05, 0) is 41.0 Å². The topological polar surface area (TPSA) is 91.6 Å². The number of benzene rings is 3. The summed E-state index contributed by atoms with van der Waals surface area (Å²) in [5.74, 6) is 0.966. The largest absolute Gasteiger partial charge is 0.423 e. The lowest BCUT2D eigenvalue weighted by molar-refractivity contribution is 0.190. The minimum absolute atomic E-state index is 0.101. The Hall–Kier alpha value is -3.95. The number of fused-ring (bicyclic) bond motifs is 6. The molecule has 0 aliphatic carbocycles. The maximum absolute atomic E-state index is 13.2. The van der Waals surface area contributed by atoms with Crippen molar-refractivity contribution >= 4 is 50.2 Å². The van der Waals surface area contributed by atoms with Crippen LogP contribution < -0.4 is 11.2 Å². The van der Waals surface area contributed by atoms with Crippen molar-refractivity contribution in [2.75, 3.05) is 13.7 Å². The Labute approximate surface area is 209 Å². The molecule has 0 amide bonds. The van der Waals surface area contributed by atoms with Gasteiger partial charge in [-0.2, -0.15) is 0 Å². The summed E-state index contributed by atoms with van der Waals surface area (Å²) in [6.45, 7) is 1.01. The van der Waals surface area contributed by atoms with Gasteiger partial charge in [-0.1, -0.05) is 54.2 Å². The number of aromatic nitrogens is 4. The van der Waals surface area contributed by atoms with Crippen LogP contribution in [0.1, 0.15) is 12.0 Å². The maximum Gasteiger partial charge on any atom is 0.336 e. The van der Waals surface area contributed by atoms with E-state index in [1.165, 1.54) is 11.8 Å². The molecule has 8 nitrogen and oxygen atoms in total. The molecule has 0 fully saturated rings. The van der Waals surface area contributed by atoms with Crippen molar-refractivity contribution in [3.8, 4) is 0 Å². The van der Waals surface area contributed by atoms with Gasteiger partial charge in [0, 0.05) is 37.5 Å². The van der Waals surface area contributed by atoms with Gasteiger partial charge in [-0.25, -0.2) is 4.79 Å². The molecule has 3 aromatic heterocycles. The van der Waals surface area contributed by atoms with E-state index in [2.05, 4.69) is 10.2 Å². The Morgan fingerprint density at radius 1 is 0.972 bits per heavy atom. The molecule has 0 bridgehead atoms. The molecule has 36 heavy (non-hydrogen) atoms. The molecule has 0 unspecified atom stereocenters. The Kier molecular flexibility index (Phi) is 5.79. The highest BCUT2D eigenvalue weighted by molar-refractivity contribution is 7.98. The summed E-state index contributed by atoms with van der Waals surface area (Å²) in [5.41, 5.74) is 1.67. The molecule has 0 aliphatic heterocycles. The summed E-state index contributed by atoms with van der Waals surface area (Å²) in [6.07, 6.45) is 0.679. The summed E-state index contributed by atoms with van der Waals surface area (Å²) < 4.78 is 14.2. The number of thioether (sulfide) groups is 1. The van der Waals surface area contributed by atoms with Gasteiger partial charge >= 0.3 is 5.63 Å². The summed E-state index contributed by atoms with van der Waals surface area (Å²) in [7, 11) is 1.64. The highest BCUT2D eigenvalue weighted by Gasteiger charge is 2.18. The fourth-order valence-electron chi connectivity index (χ4n) is 4.67. The molecule has 0 spiro atoms. The van der Waals surface area contributed by atoms with E-state index >= 15 is 0 Å². The summed E-state index contributed by atoms with van der Waals surface area (Å²) in [5, 5.41) is 13.1. The van der Waals surface area contributed by atoms with Gasteiger partial charge in [0.2, 0.25) is 5.78 Å². The molecule has 180 valence electrons. The molecule has 6 rings (SSSR count). The number of para-hydroxylation sites is 1. The van der Waals surface area contributed by atoms with E-state index < -0.39 is 5.63 Å². The summed E-state index contributed by atoms with van der Waals surface area (Å²) >= 11 is 1.47. The van der Waals surface area contributed by atoms with Gasteiger partial charge in [0.05, 0.1) is 10.9 Å². The van der Waals surface area contributed by atoms with Crippen LogP contribution in [-0.2, 0) is 17.0 Å². The van der Waals surface area contributed by atoms with Crippen LogP contribution in [0.3, 0.4) is 0 Å². The SMILES string of the molecule is COCCCn1c(=O)c2ccccc2n2c(SCc3cc(=O)oc4ccc5ccccc5c34)nnc12. The number of rotatable bonds is 7. The van der Waals surface area contributed by atoms with E-state index in [0.29, 0.717) is 47.2 Å². The zero-order chi connectivity index (χ0) is 24.6. The van der Waals surface area contributed by atoms with Crippen molar-refractivity contribution in [2.45, 2.75) is 23.9 Å². The van der Waals surface area contributed by atoms with E-state index in [9.17, 15) is 9.59 Å². The molecule has 3 aromatic carbocycles. The molecule has 0 radical (unpaired) electrons. The van der Waals surface area contributed by atoms with Crippen LogP contribution in [0.4, 0.5) is 0 Å².